The first kappa shape index (κ1) is 12.5. The molecule has 1 aliphatic heterocycles. The predicted octanol–water partition coefficient (Wildman–Crippen LogP) is -0.807. The Hall–Kier alpha value is -1.98. The topological polar surface area (TPSA) is 114 Å². The minimum absolute atomic E-state index is 0.0327. The summed E-state index contributed by atoms with van der Waals surface area (Å²) in [6, 6.07) is 3.16. The van der Waals surface area contributed by atoms with Gasteiger partial charge in [0, 0.05) is 6.20 Å². The molecule has 2 rings (SSSR count). The number of nitriles is 1. The van der Waals surface area contributed by atoms with E-state index in [1.165, 1.54) is 12.3 Å². The second-order valence-electron chi connectivity index (χ2n) is 3.91. The summed E-state index contributed by atoms with van der Waals surface area (Å²) < 4.78 is 18.8. The van der Waals surface area contributed by atoms with Crippen molar-refractivity contribution in [3.8, 4) is 6.07 Å². The van der Waals surface area contributed by atoms with Gasteiger partial charge in [0.25, 0.3) is 0 Å². The van der Waals surface area contributed by atoms with E-state index in [-0.39, 0.29) is 5.82 Å². The fraction of sp³-hybridized carbons (Fsp3) is 0.500. The van der Waals surface area contributed by atoms with E-state index in [0.29, 0.717) is 0 Å². The van der Waals surface area contributed by atoms with Crippen LogP contribution in [0.15, 0.2) is 17.1 Å². The number of rotatable bonds is 2. The van der Waals surface area contributed by atoms with Crippen molar-refractivity contribution in [2.24, 2.45) is 5.92 Å². The number of nitrogens with zero attached hydrogens (tertiary/aromatic N) is 3. The second-order valence-corrected chi connectivity index (χ2v) is 3.91. The quantitative estimate of drug-likeness (QED) is 0.713. The largest absolute Gasteiger partial charge is 0.389 e. The summed E-state index contributed by atoms with van der Waals surface area (Å²) in [5, 5.41) is 18.6. The Morgan fingerprint density at radius 2 is 2.44 bits per heavy atom. The van der Waals surface area contributed by atoms with Crippen molar-refractivity contribution in [3.05, 3.63) is 22.7 Å². The number of nitrogens with two attached hydrogens (primary N) is 1. The van der Waals surface area contributed by atoms with E-state index in [1.807, 2.05) is 6.07 Å². The van der Waals surface area contributed by atoms with Crippen molar-refractivity contribution in [3.63, 3.8) is 0 Å². The first-order chi connectivity index (χ1) is 8.58. The minimum atomic E-state index is -1.28. The van der Waals surface area contributed by atoms with E-state index < -0.39 is 36.7 Å². The lowest BCUT2D eigenvalue weighted by atomic mass is 10.0. The van der Waals surface area contributed by atoms with Crippen LogP contribution in [0.2, 0.25) is 0 Å². The van der Waals surface area contributed by atoms with Gasteiger partial charge in [0.15, 0.2) is 6.23 Å². The number of nitrogen functional groups attached to an aromatic ring is 1. The van der Waals surface area contributed by atoms with Gasteiger partial charge in [0.05, 0.1) is 6.07 Å². The van der Waals surface area contributed by atoms with Crippen molar-refractivity contribution in [1.29, 1.82) is 5.26 Å². The van der Waals surface area contributed by atoms with Crippen LogP contribution in [-0.4, -0.2) is 33.5 Å². The van der Waals surface area contributed by atoms with Crippen LogP contribution in [0, 0.1) is 17.2 Å². The van der Waals surface area contributed by atoms with Gasteiger partial charge in [-0.05, 0) is 6.07 Å². The van der Waals surface area contributed by atoms with Gasteiger partial charge >= 0.3 is 5.69 Å². The molecule has 96 valence electrons. The van der Waals surface area contributed by atoms with Gasteiger partial charge < -0.3 is 15.6 Å². The maximum absolute atomic E-state index is 12.6. The van der Waals surface area contributed by atoms with Crippen molar-refractivity contribution < 1.29 is 14.2 Å². The maximum Gasteiger partial charge on any atom is 0.351 e. The fourth-order valence-corrected chi connectivity index (χ4v) is 1.87. The van der Waals surface area contributed by atoms with Gasteiger partial charge in [0.2, 0.25) is 0 Å². The zero-order valence-electron chi connectivity index (χ0n) is 9.23. The molecule has 0 aromatic carbocycles. The van der Waals surface area contributed by atoms with Crippen LogP contribution in [0.1, 0.15) is 6.23 Å². The van der Waals surface area contributed by atoms with Crippen molar-refractivity contribution >= 4 is 5.82 Å². The van der Waals surface area contributed by atoms with Gasteiger partial charge in [-0.2, -0.15) is 10.2 Å². The van der Waals surface area contributed by atoms with Crippen LogP contribution in [0.25, 0.3) is 0 Å². The molecule has 1 fully saturated rings. The Morgan fingerprint density at radius 3 is 3.00 bits per heavy atom. The highest BCUT2D eigenvalue weighted by molar-refractivity contribution is 5.23. The molecular weight excluding hydrogens is 243 g/mol. The molecule has 18 heavy (non-hydrogen) atoms. The van der Waals surface area contributed by atoms with E-state index in [1.54, 1.807) is 0 Å². The second kappa shape index (κ2) is 4.72. The number of aromatic nitrogens is 2. The number of anilines is 1. The van der Waals surface area contributed by atoms with Crippen LogP contribution in [-0.2, 0) is 4.74 Å². The third-order valence-electron chi connectivity index (χ3n) is 2.80. The Morgan fingerprint density at radius 1 is 1.72 bits per heavy atom. The van der Waals surface area contributed by atoms with E-state index in [2.05, 4.69) is 4.98 Å². The molecule has 0 saturated carbocycles. The molecule has 2 heterocycles. The van der Waals surface area contributed by atoms with E-state index in [4.69, 9.17) is 15.7 Å². The Balaban J connectivity index is 2.39. The van der Waals surface area contributed by atoms with Crippen LogP contribution in [0.4, 0.5) is 10.2 Å². The molecule has 3 N–H and O–H groups in total. The zero-order chi connectivity index (χ0) is 13.3. The first-order valence-corrected chi connectivity index (χ1v) is 5.22. The Labute approximate surface area is 101 Å². The average molecular weight is 254 g/mol. The Kier molecular flexibility index (Phi) is 3.27. The number of aliphatic hydroxyl groups excluding tert-OH is 1. The molecule has 1 saturated heterocycles. The van der Waals surface area contributed by atoms with Gasteiger partial charge in [-0.15, -0.1) is 0 Å². The number of hydrogen-bond acceptors (Lipinski definition) is 6. The zero-order valence-corrected chi connectivity index (χ0v) is 9.23. The van der Waals surface area contributed by atoms with E-state index in [9.17, 15) is 14.3 Å². The number of ether oxygens (including phenoxy) is 1. The molecule has 1 aromatic rings. The highest BCUT2D eigenvalue weighted by atomic mass is 19.1. The van der Waals surface area contributed by atoms with Crippen LogP contribution in [0.5, 0.6) is 0 Å². The SMILES string of the molecule is N#C[C@H]1[C@H](O)[C@@H](CF)O[C@H]1n1ccc(N)nc1=O. The molecule has 7 nitrogen and oxygen atoms in total. The van der Waals surface area contributed by atoms with E-state index in [0.717, 1.165) is 4.57 Å². The lowest BCUT2D eigenvalue weighted by Crippen LogP contribution is -2.31. The number of halogens is 1. The lowest BCUT2D eigenvalue weighted by molar-refractivity contribution is -0.0326. The summed E-state index contributed by atoms with van der Waals surface area (Å²) in [7, 11) is 0. The molecule has 0 aliphatic carbocycles. The molecule has 0 radical (unpaired) electrons. The molecule has 0 spiro atoms. The number of alkyl halides is 1. The highest BCUT2D eigenvalue weighted by Crippen LogP contribution is 2.33. The van der Waals surface area contributed by atoms with Crippen molar-refractivity contribution in [2.45, 2.75) is 18.4 Å². The van der Waals surface area contributed by atoms with Gasteiger partial charge in [-0.1, -0.05) is 0 Å². The highest BCUT2D eigenvalue weighted by Gasteiger charge is 2.45. The summed E-state index contributed by atoms with van der Waals surface area (Å²) in [5.41, 5.74) is 4.62. The fourth-order valence-electron chi connectivity index (χ4n) is 1.87. The summed E-state index contributed by atoms with van der Waals surface area (Å²) in [6.07, 6.45) is -2.17. The lowest BCUT2D eigenvalue weighted by Gasteiger charge is -2.15. The summed E-state index contributed by atoms with van der Waals surface area (Å²) in [5.74, 6) is -1.00. The molecule has 0 amide bonds. The van der Waals surface area contributed by atoms with Crippen molar-refractivity contribution in [1.82, 2.24) is 9.55 Å². The summed E-state index contributed by atoms with van der Waals surface area (Å²) in [4.78, 5) is 15.1. The first-order valence-electron chi connectivity index (χ1n) is 5.22. The molecular formula is C10H11FN4O3. The third-order valence-corrected chi connectivity index (χ3v) is 2.80. The van der Waals surface area contributed by atoms with Gasteiger partial charge in [-0.25, -0.2) is 9.18 Å². The van der Waals surface area contributed by atoms with Crippen molar-refractivity contribution in [2.75, 3.05) is 12.4 Å². The predicted molar refractivity (Wildman–Crippen MR) is 57.9 cm³/mol. The molecule has 4 atom stereocenters. The third kappa shape index (κ3) is 1.94. The normalized spacial score (nSPS) is 31.2. The van der Waals surface area contributed by atoms with Crippen LogP contribution in [0.3, 0.4) is 0 Å². The number of hydrogen-bond donors (Lipinski definition) is 2. The summed E-state index contributed by atoms with van der Waals surface area (Å²) in [6.45, 7) is -0.938. The smallest absolute Gasteiger partial charge is 0.351 e. The molecule has 0 unspecified atom stereocenters. The molecule has 1 aromatic heterocycles. The molecule has 1 aliphatic rings. The van der Waals surface area contributed by atoms with Gasteiger partial charge in [0.1, 0.15) is 30.6 Å². The average Bonchev–Trinajstić information content (AvgIpc) is 2.65. The van der Waals surface area contributed by atoms with Crippen LogP contribution < -0.4 is 11.4 Å². The van der Waals surface area contributed by atoms with Gasteiger partial charge in [-0.3, -0.25) is 4.57 Å². The maximum atomic E-state index is 12.6. The summed E-state index contributed by atoms with van der Waals surface area (Å²) >= 11 is 0. The van der Waals surface area contributed by atoms with E-state index >= 15 is 0 Å². The minimum Gasteiger partial charge on any atom is -0.389 e. The number of aliphatic hydroxyl groups is 1. The molecule has 0 bridgehead atoms. The monoisotopic (exact) mass is 254 g/mol. The molecule has 8 heteroatoms. The van der Waals surface area contributed by atoms with Crippen LogP contribution >= 0.6 is 0 Å². The standard InChI is InChI=1S/C10H11FN4O3/c11-3-6-8(16)5(4-12)9(18-6)15-2-1-7(13)14-10(15)17/h1-2,5-6,8-9,16H,3H2,(H2,13,14,17)/t5-,6+,8-,9+/m0/s1. The Bertz CT molecular complexity index is 541.